The second-order valence-corrected chi connectivity index (χ2v) is 4.37. The number of ether oxygens (including phenoxy) is 2. The summed E-state index contributed by atoms with van der Waals surface area (Å²) in [5.41, 5.74) is 1.27. The molecule has 0 saturated carbocycles. The van der Waals surface area contributed by atoms with Gasteiger partial charge in [-0.3, -0.25) is 0 Å². The van der Waals surface area contributed by atoms with Crippen LogP contribution in [0.3, 0.4) is 0 Å². The van der Waals surface area contributed by atoms with Gasteiger partial charge in [0.2, 0.25) is 5.88 Å². The molecule has 0 saturated heterocycles. The zero-order chi connectivity index (χ0) is 14.7. The zero-order valence-electron chi connectivity index (χ0n) is 11.5. The average molecular weight is 282 g/mol. The zero-order valence-corrected chi connectivity index (χ0v) is 11.5. The van der Waals surface area contributed by atoms with Crippen molar-refractivity contribution < 1.29 is 14.3 Å². The lowest BCUT2D eigenvalue weighted by atomic mass is 10.2. The number of carbonyl (C=O) groups excluding carboxylic acids is 1. The summed E-state index contributed by atoms with van der Waals surface area (Å²) in [5.74, 6) is 0.435. The summed E-state index contributed by atoms with van der Waals surface area (Å²) in [7, 11) is 0. The topological polar surface area (TPSA) is 64.2 Å². The van der Waals surface area contributed by atoms with Crippen molar-refractivity contribution in [2.75, 3.05) is 6.61 Å². The van der Waals surface area contributed by atoms with Crippen molar-refractivity contribution in [3.05, 3.63) is 54.4 Å². The van der Waals surface area contributed by atoms with E-state index in [-0.39, 0.29) is 5.88 Å². The number of nitrogens with one attached hydrogen (secondary N) is 1. The Kier molecular flexibility index (Phi) is 3.55. The molecule has 5 nitrogen and oxygen atoms in total. The summed E-state index contributed by atoms with van der Waals surface area (Å²) in [6.45, 7) is 2.07. The highest BCUT2D eigenvalue weighted by Gasteiger charge is 2.16. The van der Waals surface area contributed by atoms with Gasteiger partial charge < -0.3 is 14.5 Å². The molecule has 0 amide bonds. The number of hydrogen-bond donors (Lipinski definition) is 1. The molecule has 0 spiro atoms. The number of pyridine rings is 1. The van der Waals surface area contributed by atoms with Crippen LogP contribution in [0.4, 0.5) is 0 Å². The SMILES string of the molecule is CCOC(=O)c1cccnc1Oc1cccc2[nH]ccc12. The van der Waals surface area contributed by atoms with E-state index >= 15 is 0 Å². The molecule has 2 heterocycles. The van der Waals surface area contributed by atoms with E-state index in [2.05, 4.69) is 9.97 Å². The van der Waals surface area contributed by atoms with Crippen molar-refractivity contribution in [2.24, 2.45) is 0 Å². The van der Waals surface area contributed by atoms with E-state index in [1.807, 2.05) is 30.5 Å². The van der Waals surface area contributed by atoms with E-state index in [1.54, 1.807) is 25.3 Å². The third kappa shape index (κ3) is 2.58. The largest absolute Gasteiger partial charge is 0.462 e. The van der Waals surface area contributed by atoms with Gasteiger partial charge >= 0.3 is 5.97 Å². The maximum absolute atomic E-state index is 11.9. The van der Waals surface area contributed by atoms with Gasteiger partial charge in [-0.2, -0.15) is 0 Å². The monoisotopic (exact) mass is 282 g/mol. The minimum absolute atomic E-state index is 0.240. The molecule has 21 heavy (non-hydrogen) atoms. The van der Waals surface area contributed by atoms with Gasteiger partial charge in [-0.05, 0) is 37.3 Å². The predicted octanol–water partition coefficient (Wildman–Crippen LogP) is 3.53. The van der Waals surface area contributed by atoms with Gasteiger partial charge in [0.1, 0.15) is 11.3 Å². The van der Waals surface area contributed by atoms with Crippen molar-refractivity contribution in [1.82, 2.24) is 9.97 Å². The molecule has 0 bridgehead atoms. The molecule has 0 aliphatic carbocycles. The number of hydrogen-bond acceptors (Lipinski definition) is 4. The first-order valence-electron chi connectivity index (χ1n) is 6.65. The van der Waals surface area contributed by atoms with Crippen molar-refractivity contribution in [3.63, 3.8) is 0 Å². The highest BCUT2D eigenvalue weighted by Crippen LogP contribution is 2.30. The van der Waals surface area contributed by atoms with Crippen molar-refractivity contribution in [1.29, 1.82) is 0 Å². The number of esters is 1. The third-order valence-corrected chi connectivity index (χ3v) is 3.03. The first-order chi connectivity index (χ1) is 10.3. The molecule has 2 aromatic heterocycles. The lowest BCUT2D eigenvalue weighted by Crippen LogP contribution is -2.07. The lowest BCUT2D eigenvalue weighted by molar-refractivity contribution is 0.0522. The molecule has 1 aromatic carbocycles. The standard InChI is InChI=1S/C16H14N2O3/c1-2-20-16(19)12-5-4-9-18-15(12)21-14-7-3-6-13-11(14)8-10-17-13/h3-10,17H,2H2,1H3. The van der Waals surface area contributed by atoms with E-state index in [1.165, 1.54) is 0 Å². The fraction of sp³-hybridized carbons (Fsp3) is 0.125. The van der Waals surface area contributed by atoms with Gasteiger partial charge in [-0.15, -0.1) is 0 Å². The number of benzene rings is 1. The summed E-state index contributed by atoms with van der Waals surface area (Å²) in [4.78, 5) is 19.2. The number of rotatable bonds is 4. The van der Waals surface area contributed by atoms with Crippen molar-refractivity contribution >= 4 is 16.9 Å². The normalized spacial score (nSPS) is 10.5. The third-order valence-electron chi connectivity index (χ3n) is 3.03. The number of aromatic nitrogens is 2. The van der Waals surface area contributed by atoms with Gasteiger partial charge in [0.15, 0.2) is 0 Å². The van der Waals surface area contributed by atoms with Crippen LogP contribution in [0.25, 0.3) is 10.9 Å². The van der Waals surface area contributed by atoms with Crippen molar-refractivity contribution in [3.8, 4) is 11.6 Å². The van der Waals surface area contributed by atoms with Crippen LogP contribution in [0.5, 0.6) is 11.6 Å². The smallest absolute Gasteiger partial charge is 0.343 e. The molecule has 106 valence electrons. The van der Waals surface area contributed by atoms with Gasteiger partial charge in [-0.25, -0.2) is 9.78 Å². The number of fused-ring (bicyclic) bond motifs is 1. The molecule has 0 aliphatic heterocycles. The van der Waals surface area contributed by atoms with Gasteiger partial charge in [0, 0.05) is 23.3 Å². The molecule has 1 N–H and O–H groups in total. The second-order valence-electron chi connectivity index (χ2n) is 4.37. The molecular formula is C16H14N2O3. The van der Waals surface area contributed by atoms with E-state index < -0.39 is 5.97 Å². The number of aromatic amines is 1. The highest BCUT2D eigenvalue weighted by atomic mass is 16.5. The summed E-state index contributed by atoms with van der Waals surface area (Å²) in [5, 5.41) is 0.929. The predicted molar refractivity (Wildman–Crippen MR) is 78.6 cm³/mol. The Morgan fingerprint density at radius 3 is 3.00 bits per heavy atom. The van der Waals surface area contributed by atoms with Crippen LogP contribution in [0.2, 0.25) is 0 Å². The quantitative estimate of drug-likeness (QED) is 0.743. The first-order valence-corrected chi connectivity index (χ1v) is 6.65. The van der Waals surface area contributed by atoms with Gasteiger partial charge in [0.25, 0.3) is 0 Å². The van der Waals surface area contributed by atoms with Gasteiger partial charge in [0.05, 0.1) is 6.61 Å². The van der Waals surface area contributed by atoms with Crippen LogP contribution in [-0.4, -0.2) is 22.5 Å². The molecule has 0 unspecified atom stereocenters. The van der Waals surface area contributed by atoms with Crippen LogP contribution in [0, 0.1) is 0 Å². The summed E-state index contributed by atoms with van der Waals surface area (Å²) in [6.07, 6.45) is 3.41. The lowest BCUT2D eigenvalue weighted by Gasteiger charge is -2.09. The van der Waals surface area contributed by atoms with Crippen molar-refractivity contribution in [2.45, 2.75) is 6.92 Å². The maximum Gasteiger partial charge on any atom is 0.343 e. The van der Waals surface area contributed by atoms with Gasteiger partial charge in [-0.1, -0.05) is 6.07 Å². The fourth-order valence-corrected chi connectivity index (χ4v) is 2.09. The minimum Gasteiger partial charge on any atom is -0.462 e. The Morgan fingerprint density at radius 2 is 2.14 bits per heavy atom. The molecular weight excluding hydrogens is 268 g/mol. The highest BCUT2D eigenvalue weighted by molar-refractivity contribution is 5.92. The molecule has 3 rings (SSSR count). The van der Waals surface area contributed by atoms with Crippen LogP contribution in [0.15, 0.2) is 48.8 Å². The van der Waals surface area contributed by atoms with E-state index in [9.17, 15) is 4.79 Å². The van der Waals surface area contributed by atoms with Crippen LogP contribution >= 0.6 is 0 Å². The fourth-order valence-electron chi connectivity index (χ4n) is 2.09. The van der Waals surface area contributed by atoms with Crippen LogP contribution < -0.4 is 4.74 Å². The summed E-state index contributed by atoms with van der Waals surface area (Å²) >= 11 is 0. The summed E-state index contributed by atoms with van der Waals surface area (Å²) < 4.78 is 10.8. The molecule has 0 aliphatic rings. The molecule has 5 heteroatoms. The molecule has 3 aromatic rings. The van der Waals surface area contributed by atoms with E-state index in [0.717, 1.165) is 10.9 Å². The minimum atomic E-state index is -0.443. The van der Waals surface area contributed by atoms with Crippen LogP contribution in [0.1, 0.15) is 17.3 Å². The Hall–Kier alpha value is -2.82. The number of carbonyl (C=O) groups is 1. The summed E-state index contributed by atoms with van der Waals surface area (Å²) in [6, 6.07) is 10.9. The Labute approximate surface area is 121 Å². The molecule has 0 atom stereocenters. The Balaban J connectivity index is 1.98. The second kappa shape index (κ2) is 5.66. The van der Waals surface area contributed by atoms with E-state index in [4.69, 9.17) is 9.47 Å². The Bertz CT molecular complexity index is 780. The average Bonchev–Trinajstić information content (AvgIpc) is 2.97. The number of H-pyrrole nitrogens is 1. The van der Waals surface area contributed by atoms with Crippen LogP contribution in [-0.2, 0) is 4.74 Å². The molecule has 0 radical (unpaired) electrons. The maximum atomic E-state index is 11.9. The first kappa shape index (κ1) is 13.2. The number of nitrogens with zero attached hydrogens (tertiary/aromatic N) is 1. The Morgan fingerprint density at radius 1 is 1.24 bits per heavy atom. The van der Waals surface area contributed by atoms with E-state index in [0.29, 0.717) is 17.9 Å². The molecule has 0 fully saturated rings.